The number of nitrogens with one attached hydrogen (secondary N) is 4. The Morgan fingerprint density at radius 1 is 1.23 bits per heavy atom. The van der Waals surface area contributed by atoms with Crippen molar-refractivity contribution in [3.63, 3.8) is 0 Å². The number of anilines is 2. The van der Waals surface area contributed by atoms with Gasteiger partial charge < -0.3 is 15.5 Å². The van der Waals surface area contributed by atoms with Crippen LogP contribution in [0.1, 0.15) is 5.69 Å². The van der Waals surface area contributed by atoms with E-state index in [0.717, 1.165) is 48.6 Å². The number of H-pyrrole nitrogens is 1. The van der Waals surface area contributed by atoms with Crippen LogP contribution in [-0.4, -0.2) is 52.4 Å². The van der Waals surface area contributed by atoms with Crippen LogP contribution in [0.4, 0.5) is 16.4 Å². The molecule has 134 valence electrons. The van der Waals surface area contributed by atoms with Crippen molar-refractivity contribution in [1.29, 1.82) is 0 Å². The van der Waals surface area contributed by atoms with Gasteiger partial charge in [-0.25, -0.2) is 14.8 Å². The maximum absolute atomic E-state index is 12.0. The van der Waals surface area contributed by atoms with E-state index in [-0.39, 0.29) is 6.03 Å². The van der Waals surface area contributed by atoms with Crippen molar-refractivity contribution in [2.75, 3.05) is 36.4 Å². The van der Waals surface area contributed by atoms with Crippen LogP contribution in [0.3, 0.4) is 0 Å². The Morgan fingerprint density at radius 2 is 2.12 bits per heavy atom. The molecule has 0 aromatic carbocycles. The molecular formula is C17H20N8O. The van der Waals surface area contributed by atoms with E-state index < -0.39 is 0 Å². The molecule has 9 heteroatoms. The minimum Gasteiger partial charge on any atom is -0.354 e. The highest BCUT2D eigenvalue weighted by molar-refractivity contribution is 5.91. The number of piperazine rings is 1. The lowest BCUT2D eigenvalue weighted by Gasteiger charge is -2.28. The summed E-state index contributed by atoms with van der Waals surface area (Å²) in [5.74, 6) is 1.41. The second-order valence-electron chi connectivity index (χ2n) is 6.06. The van der Waals surface area contributed by atoms with Gasteiger partial charge in [0.1, 0.15) is 11.6 Å². The number of carbonyl (C=O) groups excluding carboxylic acids is 1. The van der Waals surface area contributed by atoms with Crippen molar-refractivity contribution in [1.82, 2.24) is 30.8 Å². The van der Waals surface area contributed by atoms with Gasteiger partial charge in [-0.05, 0) is 18.2 Å². The van der Waals surface area contributed by atoms with Gasteiger partial charge in [-0.15, -0.1) is 0 Å². The number of amides is 2. The quantitative estimate of drug-likeness (QED) is 0.559. The van der Waals surface area contributed by atoms with Crippen molar-refractivity contribution in [2.24, 2.45) is 0 Å². The van der Waals surface area contributed by atoms with E-state index in [1.807, 2.05) is 12.1 Å². The van der Waals surface area contributed by atoms with E-state index in [2.05, 4.69) is 36.0 Å². The van der Waals surface area contributed by atoms with Crippen LogP contribution >= 0.6 is 0 Å². The number of urea groups is 1. The number of hydrogen-bond acceptors (Lipinski definition) is 6. The molecule has 9 nitrogen and oxygen atoms in total. The lowest BCUT2D eigenvalue weighted by atomic mass is 10.2. The van der Waals surface area contributed by atoms with Gasteiger partial charge in [0, 0.05) is 50.0 Å². The van der Waals surface area contributed by atoms with Crippen molar-refractivity contribution >= 4 is 28.6 Å². The van der Waals surface area contributed by atoms with Crippen LogP contribution in [0.2, 0.25) is 0 Å². The Balaban J connectivity index is 1.46. The fraction of sp³-hybridized carbons (Fsp3) is 0.294. The molecule has 0 saturated carbocycles. The first-order chi connectivity index (χ1) is 12.8. The molecule has 3 aromatic heterocycles. The highest BCUT2D eigenvalue weighted by Crippen LogP contribution is 2.20. The molecule has 1 aliphatic heterocycles. The first-order valence-electron chi connectivity index (χ1n) is 8.53. The van der Waals surface area contributed by atoms with Crippen LogP contribution in [0.25, 0.3) is 10.9 Å². The summed E-state index contributed by atoms with van der Waals surface area (Å²) >= 11 is 0. The topological polar surface area (TPSA) is 111 Å². The average Bonchev–Trinajstić information content (AvgIpc) is 3.20. The second kappa shape index (κ2) is 7.36. The fourth-order valence-electron chi connectivity index (χ4n) is 2.86. The first-order valence-corrected chi connectivity index (χ1v) is 8.53. The van der Waals surface area contributed by atoms with Gasteiger partial charge in [-0.1, -0.05) is 0 Å². The van der Waals surface area contributed by atoms with Gasteiger partial charge in [-0.3, -0.25) is 10.4 Å². The predicted molar refractivity (Wildman–Crippen MR) is 99.1 cm³/mol. The van der Waals surface area contributed by atoms with E-state index in [0.29, 0.717) is 12.4 Å². The fourth-order valence-corrected chi connectivity index (χ4v) is 2.86. The molecule has 3 aromatic rings. The van der Waals surface area contributed by atoms with Gasteiger partial charge in [-0.2, -0.15) is 5.10 Å². The van der Waals surface area contributed by atoms with Gasteiger partial charge >= 0.3 is 6.03 Å². The summed E-state index contributed by atoms with van der Waals surface area (Å²) in [5, 5.41) is 16.4. The summed E-state index contributed by atoms with van der Waals surface area (Å²) in [4.78, 5) is 23.3. The molecule has 0 spiro atoms. The van der Waals surface area contributed by atoms with E-state index in [1.54, 1.807) is 24.5 Å². The smallest absolute Gasteiger partial charge is 0.320 e. The summed E-state index contributed by atoms with van der Waals surface area (Å²) in [6, 6.07) is 7.28. The molecule has 1 fully saturated rings. The summed E-state index contributed by atoms with van der Waals surface area (Å²) in [6.07, 6.45) is 3.36. The molecule has 1 aliphatic rings. The van der Waals surface area contributed by atoms with Crippen LogP contribution in [0.15, 0.2) is 36.7 Å². The highest BCUT2D eigenvalue weighted by Gasteiger charge is 2.12. The number of aromatic nitrogens is 4. The summed E-state index contributed by atoms with van der Waals surface area (Å²) < 4.78 is 0. The molecule has 4 rings (SSSR count). The number of nitrogens with zero attached hydrogens (tertiary/aromatic N) is 4. The maximum atomic E-state index is 12.0. The molecule has 0 unspecified atom stereocenters. The highest BCUT2D eigenvalue weighted by atomic mass is 16.2. The standard InChI is InChI=1S/C17H20N8O/c26-17(20-11-13-3-4-21-24-13)23-15-9-14-12(10-19-15)1-2-16(22-14)25-7-5-18-6-8-25/h1-4,9-10,18H,5-8,11H2,(H,21,24)(H2,19,20,23,26). The van der Waals surface area contributed by atoms with E-state index in [4.69, 9.17) is 4.98 Å². The monoisotopic (exact) mass is 352 g/mol. The lowest BCUT2D eigenvalue weighted by Crippen LogP contribution is -2.43. The lowest BCUT2D eigenvalue weighted by molar-refractivity contribution is 0.251. The molecular weight excluding hydrogens is 332 g/mol. The minimum atomic E-state index is -0.329. The minimum absolute atomic E-state index is 0.329. The number of carbonyl (C=O) groups is 1. The SMILES string of the molecule is O=C(NCc1ccn[nH]1)Nc1cc2nc(N3CCNCC3)ccc2cn1. The van der Waals surface area contributed by atoms with Gasteiger partial charge in [0.05, 0.1) is 17.8 Å². The first kappa shape index (κ1) is 16.3. The van der Waals surface area contributed by atoms with Crippen LogP contribution in [-0.2, 0) is 6.54 Å². The van der Waals surface area contributed by atoms with Crippen molar-refractivity contribution in [3.05, 3.63) is 42.4 Å². The van der Waals surface area contributed by atoms with E-state index >= 15 is 0 Å². The third kappa shape index (κ3) is 3.72. The Kier molecular flexibility index (Phi) is 4.61. The third-order valence-corrected chi connectivity index (χ3v) is 4.24. The van der Waals surface area contributed by atoms with Gasteiger partial charge in [0.25, 0.3) is 0 Å². The van der Waals surface area contributed by atoms with Crippen LogP contribution in [0, 0.1) is 0 Å². The third-order valence-electron chi connectivity index (χ3n) is 4.24. The summed E-state index contributed by atoms with van der Waals surface area (Å²) in [6.45, 7) is 4.15. The number of fused-ring (bicyclic) bond motifs is 1. The molecule has 26 heavy (non-hydrogen) atoms. The largest absolute Gasteiger partial charge is 0.354 e. The molecule has 4 heterocycles. The van der Waals surface area contributed by atoms with Gasteiger partial charge in [0.2, 0.25) is 0 Å². The van der Waals surface area contributed by atoms with Crippen molar-refractivity contribution < 1.29 is 4.79 Å². The number of pyridine rings is 2. The molecule has 0 radical (unpaired) electrons. The van der Waals surface area contributed by atoms with Crippen molar-refractivity contribution in [2.45, 2.75) is 6.54 Å². The Labute approximate surface area is 150 Å². The van der Waals surface area contributed by atoms with E-state index in [1.165, 1.54) is 0 Å². The number of hydrogen-bond donors (Lipinski definition) is 4. The Morgan fingerprint density at radius 3 is 2.92 bits per heavy atom. The molecule has 0 aliphatic carbocycles. The van der Waals surface area contributed by atoms with Gasteiger partial charge in [0.15, 0.2) is 0 Å². The predicted octanol–water partition coefficient (Wildman–Crippen LogP) is 1.08. The number of aromatic amines is 1. The Bertz CT molecular complexity index is 889. The summed E-state index contributed by atoms with van der Waals surface area (Å²) in [7, 11) is 0. The molecule has 2 amide bonds. The summed E-state index contributed by atoms with van der Waals surface area (Å²) in [5.41, 5.74) is 1.63. The van der Waals surface area contributed by atoms with Crippen molar-refractivity contribution in [3.8, 4) is 0 Å². The number of rotatable bonds is 4. The molecule has 4 N–H and O–H groups in total. The van der Waals surface area contributed by atoms with E-state index in [9.17, 15) is 4.79 Å². The molecule has 0 atom stereocenters. The Hall–Kier alpha value is -3.20. The normalized spacial score (nSPS) is 14.4. The second-order valence-corrected chi connectivity index (χ2v) is 6.06. The zero-order valence-electron chi connectivity index (χ0n) is 14.2. The zero-order chi connectivity index (χ0) is 17.8. The zero-order valence-corrected chi connectivity index (χ0v) is 14.2. The maximum Gasteiger partial charge on any atom is 0.320 e. The average molecular weight is 352 g/mol. The molecule has 0 bridgehead atoms. The van der Waals surface area contributed by atoms with Crippen LogP contribution < -0.4 is 20.9 Å². The van der Waals surface area contributed by atoms with Crippen LogP contribution in [0.5, 0.6) is 0 Å². The molecule has 1 saturated heterocycles.